The zero-order valence-corrected chi connectivity index (χ0v) is 18.9. The van der Waals surface area contributed by atoms with Gasteiger partial charge in [0.05, 0.1) is 10.9 Å². The highest BCUT2D eigenvalue weighted by Crippen LogP contribution is 2.13. The molecule has 0 unspecified atom stereocenters. The Labute approximate surface area is 197 Å². The summed E-state index contributed by atoms with van der Waals surface area (Å²) in [4.78, 5) is 44.1. The number of para-hydroxylation sites is 1. The molecule has 3 aromatic carbocycles. The number of amides is 2. The minimum atomic E-state index is -0.179. The van der Waals surface area contributed by atoms with Crippen LogP contribution in [0, 0.1) is 6.92 Å². The van der Waals surface area contributed by atoms with Gasteiger partial charge >= 0.3 is 0 Å². The van der Waals surface area contributed by atoms with Crippen molar-refractivity contribution in [2.45, 2.75) is 32.7 Å². The van der Waals surface area contributed by atoms with Crippen LogP contribution < -0.4 is 16.2 Å². The number of nitrogens with zero attached hydrogens (tertiary/aromatic N) is 1. The number of hydrogen-bond donors (Lipinski definition) is 3. The Hall–Kier alpha value is -4.26. The highest BCUT2D eigenvalue weighted by atomic mass is 16.2. The van der Waals surface area contributed by atoms with Crippen LogP contribution >= 0.6 is 0 Å². The van der Waals surface area contributed by atoms with Crippen LogP contribution in [0.5, 0.6) is 0 Å². The fourth-order valence-corrected chi connectivity index (χ4v) is 3.63. The second-order valence-corrected chi connectivity index (χ2v) is 8.18. The third-order valence-electron chi connectivity index (χ3n) is 5.47. The summed E-state index contributed by atoms with van der Waals surface area (Å²) in [7, 11) is 0. The molecule has 0 saturated carbocycles. The van der Waals surface area contributed by atoms with Crippen LogP contribution in [0.4, 0.5) is 5.69 Å². The van der Waals surface area contributed by atoms with Crippen molar-refractivity contribution in [2.24, 2.45) is 0 Å². The molecule has 4 rings (SSSR count). The largest absolute Gasteiger partial charge is 0.352 e. The first-order valence-electron chi connectivity index (χ1n) is 11.2. The fraction of sp³-hybridized carbons (Fsp3) is 0.185. The Kier molecular flexibility index (Phi) is 7.13. The number of benzene rings is 3. The first-order valence-corrected chi connectivity index (χ1v) is 11.2. The van der Waals surface area contributed by atoms with Gasteiger partial charge in [-0.2, -0.15) is 0 Å². The fourth-order valence-electron chi connectivity index (χ4n) is 3.63. The minimum absolute atomic E-state index is 0.0859. The van der Waals surface area contributed by atoms with Crippen molar-refractivity contribution in [1.29, 1.82) is 0 Å². The van der Waals surface area contributed by atoms with Crippen LogP contribution in [-0.2, 0) is 17.8 Å². The van der Waals surface area contributed by atoms with Gasteiger partial charge in [-0.3, -0.25) is 14.4 Å². The number of H-pyrrole nitrogens is 1. The van der Waals surface area contributed by atoms with Crippen LogP contribution in [0.15, 0.2) is 77.6 Å². The molecule has 0 saturated heterocycles. The molecular weight excluding hydrogens is 428 g/mol. The van der Waals surface area contributed by atoms with Gasteiger partial charge < -0.3 is 15.6 Å². The number of carbonyl (C=O) groups is 2. The van der Waals surface area contributed by atoms with E-state index < -0.39 is 0 Å². The quantitative estimate of drug-likeness (QED) is 0.372. The standard InChI is InChI=1S/C27H26N4O3/c1-18-12-14-20(15-13-18)26(33)29-21-7-4-6-19(16-21)17-28-25(32)11-5-10-24-30-23-9-3-2-8-22(23)27(34)31-24/h2-4,6-9,12-16H,5,10-11,17H2,1H3,(H,28,32)(H,29,33)(H,30,31,34). The molecule has 0 aliphatic heterocycles. The summed E-state index contributed by atoms with van der Waals surface area (Å²) in [5, 5.41) is 6.35. The lowest BCUT2D eigenvalue weighted by atomic mass is 10.1. The van der Waals surface area contributed by atoms with Crippen LogP contribution in [0.2, 0.25) is 0 Å². The lowest BCUT2D eigenvalue weighted by Crippen LogP contribution is -2.23. The van der Waals surface area contributed by atoms with Crippen LogP contribution in [0.3, 0.4) is 0 Å². The predicted molar refractivity (Wildman–Crippen MR) is 133 cm³/mol. The Morgan fingerprint density at radius 1 is 0.971 bits per heavy atom. The molecule has 0 aliphatic rings. The molecule has 34 heavy (non-hydrogen) atoms. The Bertz CT molecular complexity index is 1380. The van der Waals surface area contributed by atoms with E-state index in [0.29, 0.717) is 53.8 Å². The first-order chi connectivity index (χ1) is 16.5. The third-order valence-corrected chi connectivity index (χ3v) is 5.47. The van der Waals surface area contributed by atoms with E-state index in [9.17, 15) is 14.4 Å². The predicted octanol–water partition coefficient (Wildman–Crippen LogP) is 4.12. The second kappa shape index (κ2) is 10.6. The van der Waals surface area contributed by atoms with E-state index in [0.717, 1.165) is 11.1 Å². The van der Waals surface area contributed by atoms with Crippen molar-refractivity contribution in [3.8, 4) is 0 Å². The lowest BCUT2D eigenvalue weighted by molar-refractivity contribution is -0.121. The zero-order valence-electron chi connectivity index (χ0n) is 18.9. The second-order valence-electron chi connectivity index (χ2n) is 8.18. The molecule has 0 atom stereocenters. The molecule has 0 radical (unpaired) electrons. The normalized spacial score (nSPS) is 10.7. The Balaban J connectivity index is 1.26. The van der Waals surface area contributed by atoms with Gasteiger partial charge in [-0.15, -0.1) is 0 Å². The van der Waals surface area contributed by atoms with E-state index >= 15 is 0 Å². The highest BCUT2D eigenvalue weighted by Gasteiger charge is 2.08. The number of fused-ring (bicyclic) bond motifs is 1. The van der Waals surface area contributed by atoms with Gasteiger partial charge in [0.25, 0.3) is 11.5 Å². The van der Waals surface area contributed by atoms with Gasteiger partial charge in [0.1, 0.15) is 5.82 Å². The number of aryl methyl sites for hydroxylation is 2. The molecule has 172 valence electrons. The highest BCUT2D eigenvalue weighted by molar-refractivity contribution is 6.04. The molecule has 3 N–H and O–H groups in total. The lowest BCUT2D eigenvalue weighted by Gasteiger charge is -2.09. The van der Waals surface area contributed by atoms with Crippen LogP contribution in [0.1, 0.15) is 40.2 Å². The van der Waals surface area contributed by atoms with E-state index in [2.05, 4.69) is 20.6 Å². The molecule has 7 nitrogen and oxygen atoms in total. The average Bonchev–Trinajstić information content (AvgIpc) is 2.83. The molecule has 0 fully saturated rings. The summed E-state index contributed by atoms with van der Waals surface area (Å²) in [5.41, 5.74) is 3.72. The van der Waals surface area contributed by atoms with Gasteiger partial charge in [-0.1, -0.05) is 42.0 Å². The molecular formula is C27H26N4O3. The number of nitrogens with one attached hydrogen (secondary N) is 3. The summed E-state index contributed by atoms with van der Waals surface area (Å²) < 4.78 is 0. The smallest absolute Gasteiger partial charge is 0.258 e. The number of aromatic nitrogens is 2. The SMILES string of the molecule is Cc1ccc(C(=O)Nc2cccc(CNC(=O)CCCc3nc4ccccc4c(=O)[nH]3)c2)cc1. The van der Waals surface area contributed by atoms with Crippen LogP contribution in [0.25, 0.3) is 10.9 Å². The van der Waals surface area contributed by atoms with Crippen molar-refractivity contribution in [2.75, 3.05) is 5.32 Å². The van der Waals surface area contributed by atoms with Gasteiger partial charge in [0.15, 0.2) is 0 Å². The van der Waals surface area contributed by atoms with Crippen molar-refractivity contribution >= 4 is 28.4 Å². The van der Waals surface area contributed by atoms with Gasteiger partial charge in [-0.05, 0) is 55.3 Å². The topological polar surface area (TPSA) is 104 Å². The van der Waals surface area contributed by atoms with Crippen molar-refractivity contribution < 1.29 is 9.59 Å². The van der Waals surface area contributed by atoms with Crippen molar-refractivity contribution in [3.05, 3.63) is 106 Å². The van der Waals surface area contributed by atoms with E-state index in [1.54, 1.807) is 30.3 Å². The third kappa shape index (κ3) is 5.95. The summed E-state index contributed by atoms with van der Waals surface area (Å²) >= 11 is 0. The number of anilines is 1. The molecule has 4 aromatic rings. The number of aromatic amines is 1. The molecule has 0 aliphatic carbocycles. The van der Waals surface area contributed by atoms with Crippen LogP contribution in [-0.4, -0.2) is 21.8 Å². The maximum Gasteiger partial charge on any atom is 0.258 e. The molecule has 2 amide bonds. The van der Waals surface area contributed by atoms with E-state index in [4.69, 9.17) is 0 Å². The monoisotopic (exact) mass is 454 g/mol. The number of rotatable bonds is 8. The Morgan fingerprint density at radius 3 is 2.59 bits per heavy atom. The van der Waals surface area contributed by atoms with E-state index in [1.165, 1.54) is 0 Å². The molecule has 0 spiro atoms. The Morgan fingerprint density at radius 2 is 1.76 bits per heavy atom. The maximum atomic E-state index is 12.4. The van der Waals surface area contributed by atoms with Gasteiger partial charge in [0, 0.05) is 30.6 Å². The summed E-state index contributed by atoms with van der Waals surface area (Å²) in [6.07, 6.45) is 1.40. The maximum absolute atomic E-state index is 12.4. The molecule has 1 aromatic heterocycles. The average molecular weight is 455 g/mol. The summed E-state index contributed by atoms with van der Waals surface area (Å²) in [6.45, 7) is 2.33. The van der Waals surface area contributed by atoms with Gasteiger partial charge in [-0.25, -0.2) is 4.98 Å². The van der Waals surface area contributed by atoms with E-state index in [-0.39, 0.29) is 17.4 Å². The number of carbonyl (C=O) groups excluding carboxylic acids is 2. The van der Waals surface area contributed by atoms with E-state index in [1.807, 2.05) is 49.4 Å². The summed E-state index contributed by atoms with van der Waals surface area (Å²) in [5.74, 6) is 0.312. The van der Waals surface area contributed by atoms with Crippen molar-refractivity contribution in [3.63, 3.8) is 0 Å². The summed E-state index contributed by atoms with van der Waals surface area (Å²) in [6, 6.07) is 22.0. The van der Waals surface area contributed by atoms with Gasteiger partial charge in [0.2, 0.25) is 5.91 Å². The zero-order chi connectivity index (χ0) is 23.9. The minimum Gasteiger partial charge on any atom is -0.352 e. The number of hydrogen-bond acceptors (Lipinski definition) is 4. The molecule has 7 heteroatoms. The molecule has 0 bridgehead atoms. The first kappa shape index (κ1) is 22.9. The molecule has 1 heterocycles. The van der Waals surface area contributed by atoms with Crippen molar-refractivity contribution in [1.82, 2.24) is 15.3 Å².